The number of anilines is 2. The SMILES string of the molecule is O=C(c1ccc2c(c1)CCO2)N(CC1CCNCC1)c1ccnc(NC2CCOCC2)n1. The smallest absolute Gasteiger partial charge is 0.259 e. The summed E-state index contributed by atoms with van der Waals surface area (Å²) in [6.45, 7) is 4.81. The Kier molecular flexibility index (Phi) is 6.50. The minimum atomic E-state index is -0.0195. The molecule has 0 bridgehead atoms. The highest BCUT2D eigenvalue weighted by Gasteiger charge is 2.26. The van der Waals surface area contributed by atoms with Gasteiger partial charge >= 0.3 is 0 Å². The molecule has 3 aliphatic heterocycles. The first-order valence-electron chi connectivity index (χ1n) is 11.7. The number of amides is 1. The molecule has 0 unspecified atom stereocenters. The van der Waals surface area contributed by atoms with Gasteiger partial charge in [0.05, 0.1) is 6.61 Å². The van der Waals surface area contributed by atoms with Crippen molar-refractivity contribution >= 4 is 17.7 Å². The summed E-state index contributed by atoms with van der Waals surface area (Å²) >= 11 is 0. The highest BCUT2D eigenvalue weighted by molar-refractivity contribution is 6.05. The number of rotatable bonds is 6. The Morgan fingerprint density at radius 1 is 1.12 bits per heavy atom. The van der Waals surface area contributed by atoms with Gasteiger partial charge in [-0.25, -0.2) is 4.98 Å². The van der Waals surface area contributed by atoms with Crippen LogP contribution in [0.5, 0.6) is 5.75 Å². The zero-order valence-electron chi connectivity index (χ0n) is 18.4. The third-order valence-electron chi connectivity index (χ3n) is 6.55. The van der Waals surface area contributed by atoms with Gasteiger partial charge < -0.3 is 20.1 Å². The number of piperidine rings is 1. The molecule has 1 amide bonds. The largest absolute Gasteiger partial charge is 0.493 e. The Hall–Kier alpha value is -2.71. The monoisotopic (exact) mass is 437 g/mol. The first-order chi connectivity index (χ1) is 15.8. The Labute approximate surface area is 188 Å². The van der Waals surface area contributed by atoms with Crippen LogP contribution in [0.1, 0.15) is 41.6 Å². The van der Waals surface area contributed by atoms with Gasteiger partial charge in [0.25, 0.3) is 5.91 Å². The molecule has 0 spiro atoms. The van der Waals surface area contributed by atoms with E-state index in [0.717, 1.165) is 69.7 Å². The van der Waals surface area contributed by atoms with E-state index in [2.05, 4.69) is 15.6 Å². The van der Waals surface area contributed by atoms with Crippen molar-refractivity contribution in [2.75, 3.05) is 49.7 Å². The second-order valence-electron chi connectivity index (χ2n) is 8.80. The molecule has 2 saturated heterocycles. The van der Waals surface area contributed by atoms with Crippen molar-refractivity contribution in [3.05, 3.63) is 41.6 Å². The Morgan fingerprint density at radius 2 is 1.97 bits per heavy atom. The summed E-state index contributed by atoms with van der Waals surface area (Å²) < 4.78 is 11.1. The van der Waals surface area contributed by atoms with Crippen LogP contribution in [0.4, 0.5) is 11.8 Å². The average Bonchev–Trinajstić information content (AvgIpc) is 3.32. The molecule has 2 fully saturated rings. The molecule has 170 valence electrons. The van der Waals surface area contributed by atoms with Crippen LogP contribution in [0.3, 0.4) is 0 Å². The molecule has 8 nitrogen and oxygen atoms in total. The maximum Gasteiger partial charge on any atom is 0.259 e. The van der Waals surface area contributed by atoms with Gasteiger partial charge in [-0.1, -0.05) is 0 Å². The van der Waals surface area contributed by atoms with Crippen LogP contribution < -0.4 is 20.3 Å². The Morgan fingerprint density at radius 3 is 2.81 bits per heavy atom. The lowest BCUT2D eigenvalue weighted by atomic mass is 9.97. The molecule has 1 aromatic heterocycles. The summed E-state index contributed by atoms with van der Waals surface area (Å²) in [5, 5.41) is 6.83. The third kappa shape index (κ3) is 4.86. The van der Waals surface area contributed by atoms with E-state index in [4.69, 9.17) is 14.5 Å². The zero-order chi connectivity index (χ0) is 21.8. The maximum absolute atomic E-state index is 13.7. The number of nitrogens with zero attached hydrogens (tertiary/aromatic N) is 3. The lowest BCUT2D eigenvalue weighted by molar-refractivity contribution is 0.0903. The van der Waals surface area contributed by atoms with E-state index >= 15 is 0 Å². The molecule has 0 radical (unpaired) electrons. The molecule has 2 N–H and O–H groups in total. The Bertz CT molecular complexity index is 941. The normalized spacial score (nSPS) is 19.2. The lowest BCUT2D eigenvalue weighted by Crippen LogP contribution is -2.40. The third-order valence-corrected chi connectivity index (χ3v) is 6.55. The van der Waals surface area contributed by atoms with Crippen LogP contribution in [0.2, 0.25) is 0 Å². The van der Waals surface area contributed by atoms with Gasteiger partial charge in [-0.05, 0) is 74.5 Å². The van der Waals surface area contributed by atoms with Crippen LogP contribution in [0, 0.1) is 5.92 Å². The van der Waals surface area contributed by atoms with Crippen LogP contribution in [0.25, 0.3) is 0 Å². The summed E-state index contributed by atoms with van der Waals surface area (Å²) in [5.74, 6) is 2.53. The molecule has 0 aliphatic carbocycles. The van der Waals surface area contributed by atoms with E-state index < -0.39 is 0 Å². The minimum absolute atomic E-state index is 0.0195. The highest BCUT2D eigenvalue weighted by atomic mass is 16.5. The predicted molar refractivity (Wildman–Crippen MR) is 122 cm³/mol. The van der Waals surface area contributed by atoms with Crippen molar-refractivity contribution in [2.45, 2.75) is 38.1 Å². The zero-order valence-corrected chi connectivity index (χ0v) is 18.4. The second-order valence-corrected chi connectivity index (χ2v) is 8.80. The molecule has 4 heterocycles. The average molecular weight is 438 g/mol. The fourth-order valence-electron chi connectivity index (χ4n) is 4.67. The van der Waals surface area contributed by atoms with Gasteiger partial charge in [-0.2, -0.15) is 4.98 Å². The summed E-state index contributed by atoms with van der Waals surface area (Å²) in [6, 6.07) is 7.89. The molecule has 8 heteroatoms. The van der Waals surface area contributed by atoms with Crippen LogP contribution in [-0.4, -0.2) is 61.4 Å². The number of carbonyl (C=O) groups excluding carboxylic acids is 1. The number of hydrogen-bond donors (Lipinski definition) is 2. The van der Waals surface area contributed by atoms with Crippen molar-refractivity contribution in [3.63, 3.8) is 0 Å². The molecule has 2 aromatic rings. The van der Waals surface area contributed by atoms with Gasteiger partial charge in [-0.3, -0.25) is 9.69 Å². The minimum Gasteiger partial charge on any atom is -0.493 e. The van der Waals surface area contributed by atoms with E-state index in [1.54, 1.807) is 6.20 Å². The van der Waals surface area contributed by atoms with E-state index in [-0.39, 0.29) is 5.91 Å². The molecular formula is C24H31N5O3. The topological polar surface area (TPSA) is 88.6 Å². The van der Waals surface area contributed by atoms with Crippen molar-refractivity contribution in [2.24, 2.45) is 5.92 Å². The lowest BCUT2D eigenvalue weighted by Gasteiger charge is -2.30. The fourth-order valence-corrected chi connectivity index (χ4v) is 4.67. The fraction of sp³-hybridized carbons (Fsp3) is 0.542. The molecule has 0 saturated carbocycles. The van der Waals surface area contributed by atoms with Crippen LogP contribution >= 0.6 is 0 Å². The van der Waals surface area contributed by atoms with E-state index in [1.807, 2.05) is 29.2 Å². The molecule has 5 rings (SSSR count). The number of aromatic nitrogens is 2. The Balaban J connectivity index is 1.40. The number of fused-ring (bicyclic) bond motifs is 1. The number of ether oxygens (including phenoxy) is 2. The van der Waals surface area contributed by atoms with Crippen LogP contribution in [0.15, 0.2) is 30.5 Å². The van der Waals surface area contributed by atoms with E-state index in [0.29, 0.717) is 42.4 Å². The number of nitrogens with one attached hydrogen (secondary N) is 2. The number of carbonyl (C=O) groups is 1. The first-order valence-corrected chi connectivity index (χ1v) is 11.7. The van der Waals surface area contributed by atoms with Gasteiger partial charge in [0.15, 0.2) is 0 Å². The molecule has 0 atom stereocenters. The summed E-state index contributed by atoms with van der Waals surface area (Å²) in [7, 11) is 0. The molecular weight excluding hydrogens is 406 g/mol. The number of hydrogen-bond acceptors (Lipinski definition) is 7. The quantitative estimate of drug-likeness (QED) is 0.718. The van der Waals surface area contributed by atoms with Crippen molar-refractivity contribution in [1.29, 1.82) is 0 Å². The van der Waals surface area contributed by atoms with Gasteiger partial charge in [-0.15, -0.1) is 0 Å². The van der Waals surface area contributed by atoms with Gasteiger partial charge in [0.2, 0.25) is 5.95 Å². The van der Waals surface area contributed by atoms with Crippen molar-refractivity contribution < 1.29 is 14.3 Å². The summed E-state index contributed by atoms with van der Waals surface area (Å²) in [5.41, 5.74) is 1.78. The standard InChI is InChI=1S/C24H31N5O3/c30-23(19-1-2-21-18(15-19)6-14-32-21)29(16-17-3-9-25-10-4-17)22-5-11-26-24(28-22)27-20-7-12-31-13-8-20/h1-2,5,11,15,17,20,25H,3-4,6-10,12-14,16H2,(H,26,27,28). The highest BCUT2D eigenvalue weighted by Crippen LogP contribution is 2.28. The molecule has 1 aromatic carbocycles. The molecule has 32 heavy (non-hydrogen) atoms. The van der Waals surface area contributed by atoms with Gasteiger partial charge in [0, 0.05) is 44.0 Å². The number of benzene rings is 1. The van der Waals surface area contributed by atoms with E-state index in [1.165, 1.54) is 0 Å². The summed E-state index contributed by atoms with van der Waals surface area (Å²) in [4.78, 5) is 24.7. The van der Waals surface area contributed by atoms with E-state index in [9.17, 15) is 4.79 Å². The van der Waals surface area contributed by atoms with Crippen molar-refractivity contribution in [1.82, 2.24) is 15.3 Å². The molecule has 3 aliphatic rings. The summed E-state index contributed by atoms with van der Waals surface area (Å²) in [6.07, 6.45) is 6.56. The maximum atomic E-state index is 13.7. The first kappa shape index (κ1) is 21.2. The van der Waals surface area contributed by atoms with Crippen molar-refractivity contribution in [3.8, 4) is 5.75 Å². The van der Waals surface area contributed by atoms with Crippen LogP contribution in [-0.2, 0) is 11.2 Å². The van der Waals surface area contributed by atoms with Gasteiger partial charge in [0.1, 0.15) is 11.6 Å². The predicted octanol–water partition coefficient (Wildman–Crippen LogP) is 2.65. The second kappa shape index (κ2) is 9.83.